The van der Waals surface area contributed by atoms with E-state index in [4.69, 9.17) is 14.0 Å². The van der Waals surface area contributed by atoms with E-state index in [1.54, 1.807) is 25.1 Å². The third-order valence-corrected chi connectivity index (χ3v) is 3.09. The second-order valence-corrected chi connectivity index (χ2v) is 4.49. The first kappa shape index (κ1) is 12.5. The van der Waals surface area contributed by atoms with Crippen LogP contribution in [0.3, 0.4) is 0 Å². The topological polar surface area (TPSA) is 81.8 Å². The molecule has 2 heterocycles. The Morgan fingerprint density at radius 2 is 2.00 bits per heavy atom. The molecule has 2 aromatic rings. The van der Waals surface area contributed by atoms with E-state index in [2.05, 4.69) is 5.16 Å². The van der Waals surface area contributed by atoms with Gasteiger partial charge in [0.15, 0.2) is 17.3 Å². The summed E-state index contributed by atoms with van der Waals surface area (Å²) >= 11 is 0. The quantitative estimate of drug-likeness (QED) is 0.906. The second-order valence-electron chi connectivity index (χ2n) is 4.49. The molecule has 1 N–H and O–H groups in total. The molecule has 0 fully saturated rings. The number of fused-ring (bicyclic) bond motifs is 1. The van der Waals surface area contributed by atoms with Crippen molar-refractivity contribution in [1.82, 2.24) is 5.16 Å². The molecule has 3 rings (SSSR count). The smallest absolute Gasteiger partial charge is 0.341 e. The summed E-state index contributed by atoms with van der Waals surface area (Å²) in [6, 6.07) is 5.20. The maximum Gasteiger partial charge on any atom is 0.341 e. The Kier molecular flexibility index (Phi) is 3.06. The van der Waals surface area contributed by atoms with E-state index in [9.17, 15) is 9.90 Å². The van der Waals surface area contributed by atoms with Crippen molar-refractivity contribution in [3.05, 3.63) is 29.5 Å². The molecule has 0 spiro atoms. The number of carboxylic acid groups (broad SMARTS) is 1. The number of carboxylic acids is 1. The van der Waals surface area contributed by atoms with Crippen LogP contribution in [0.25, 0.3) is 11.3 Å². The number of hydrogen-bond donors (Lipinski definition) is 1. The SMILES string of the molecule is Cc1noc(-c2ccc3c(c2)OCCCO3)c1C(=O)O. The molecule has 1 aromatic heterocycles. The van der Waals surface area contributed by atoms with Gasteiger partial charge in [-0.1, -0.05) is 5.16 Å². The third kappa shape index (κ3) is 2.09. The largest absolute Gasteiger partial charge is 0.490 e. The Hall–Kier alpha value is -2.50. The average molecular weight is 275 g/mol. The van der Waals surface area contributed by atoms with Crippen LogP contribution in [0.1, 0.15) is 22.5 Å². The molecule has 1 aliphatic rings. The normalized spacial score (nSPS) is 13.8. The number of ether oxygens (including phenoxy) is 2. The van der Waals surface area contributed by atoms with Crippen molar-refractivity contribution >= 4 is 5.97 Å². The zero-order valence-corrected chi connectivity index (χ0v) is 10.9. The second kappa shape index (κ2) is 4.88. The van der Waals surface area contributed by atoms with Crippen molar-refractivity contribution in [2.45, 2.75) is 13.3 Å². The molecule has 0 saturated carbocycles. The van der Waals surface area contributed by atoms with Crippen LogP contribution >= 0.6 is 0 Å². The maximum absolute atomic E-state index is 11.3. The van der Waals surface area contributed by atoms with Crippen LogP contribution in [0.5, 0.6) is 11.5 Å². The molecule has 0 unspecified atom stereocenters. The molecule has 0 atom stereocenters. The molecule has 0 bridgehead atoms. The summed E-state index contributed by atoms with van der Waals surface area (Å²) < 4.78 is 16.3. The van der Waals surface area contributed by atoms with E-state index in [0.717, 1.165) is 6.42 Å². The molecule has 104 valence electrons. The Balaban J connectivity index is 2.07. The van der Waals surface area contributed by atoms with Crippen molar-refractivity contribution in [3.8, 4) is 22.8 Å². The van der Waals surface area contributed by atoms with E-state index >= 15 is 0 Å². The Labute approximate surface area is 114 Å². The lowest BCUT2D eigenvalue weighted by Gasteiger charge is -2.08. The van der Waals surface area contributed by atoms with Gasteiger partial charge in [0.1, 0.15) is 5.56 Å². The first-order valence-corrected chi connectivity index (χ1v) is 6.26. The predicted molar refractivity (Wildman–Crippen MR) is 69.2 cm³/mol. The van der Waals surface area contributed by atoms with Crippen LogP contribution in [0.2, 0.25) is 0 Å². The standard InChI is InChI=1S/C14H13NO5/c1-8-12(14(16)17)13(20-15-8)9-3-4-10-11(7-9)19-6-2-5-18-10/h3-4,7H,2,5-6H2,1H3,(H,16,17). The van der Waals surface area contributed by atoms with Crippen LogP contribution in [0.15, 0.2) is 22.7 Å². The van der Waals surface area contributed by atoms with Gasteiger partial charge in [0, 0.05) is 12.0 Å². The highest BCUT2D eigenvalue weighted by Gasteiger charge is 2.22. The fraction of sp³-hybridized carbons (Fsp3) is 0.286. The summed E-state index contributed by atoms with van der Waals surface area (Å²) in [7, 11) is 0. The molecule has 1 aromatic carbocycles. The van der Waals surface area contributed by atoms with Gasteiger partial charge in [-0.25, -0.2) is 4.79 Å². The number of nitrogens with zero attached hydrogens (tertiary/aromatic N) is 1. The minimum atomic E-state index is -1.06. The maximum atomic E-state index is 11.3. The number of rotatable bonds is 2. The van der Waals surface area contributed by atoms with Crippen LogP contribution in [-0.4, -0.2) is 29.4 Å². The number of benzene rings is 1. The average Bonchev–Trinajstić information content (AvgIpc) is 2.67. The summed E-state index contributed by atoms with van der Waals surface area (Å²) in [6.45, 7) is 2.77. The van der Waals surface area contributed by atoms with E-state index in [1.807, 2.05) is 0 Å². The highest BCUT2D eigenvalue weighted by molar-refractivity contribution is 5.95. The fourth-order valence-corrected chi connectivity index (χ4v) is 2.12. The molecule has 0 amide bonds. The number of aryl methyl sites for hydroxylation is 1. The van der Waals surface area contributed by atoms with Gasteiger partial charge in [0.05, 0.1) is 18.9 Å². The Morgan fingerprint density at radius 1 is 1.25 bits per heavy atom. The first-order chi connectivity index (χ1) is 9.66. The molecule has 0 saturated heterocycles. The monoisotopic (exact) mass is 275 g/mol. The van der Waals surface area contributed by atoms with Crippen LogP contribution < -0.4 is 9.47 Å². The summed E-state index contributed by atoms with van der Waals surface area (Å²) in [5.41, 5.74) is 1.02. The zero-order chi connectivity index (χ0) is 14.1. The number of hydrogen-bond acceptors (Lipinski definition) is 5. The van der Waals surface area contributed by atoms with Crippen molar-refractivity contribution in [1.29, 1.82) is 0 Å². The molecular formula is C14H13NO5. The first-order valence-electron chi connectivity index (χ1n) is 6.26. The van der Waals surface area contributed by atoms with Crippen molar-refractivity contribution in [3.63, 3.8) is 0 Å². The van der Waals surface area contributed by atoms with Crippen LogP contribution in [0.4, 0.5) is 0 Å². The molecule has 20 heavy (non-hydrogen) atoms. The lowest BCUT2D eigenvalue weighted by Crippen LogP contribution is -1.99. The number of aromatic carboxylic acids is 1. The molecule has 0 aliphatic carbocycles. The van der Waals surface area contributed by atoms with Crippen LogP contribution in [-0.2, 0) is 0 Å². The number of aromatic nitrogens is 1. The Morgan fingerprint density at radius 3 is 2.75 bits per heavy atom. The molecule has 6 nitrogen and oxygen atoms in total. The fourth-order valence-electron chi connectivity index (χ4n) is 2.12. The summed E-state index contributed by atoms with van der Waals surface area (Å²) in [5, 5.41) is 12.9. The van der Waals surface area contributed by atoms with E-state index in [1.165, 1.54) is 0 Å². The summed E-state index contributed by atoms with van der Waals surface area (Å²) in [4.78, 5) is 11.3. The zero-order valence-electron chi connectivity index (χ0n) is 10.9. The number of carbonyl (C=O) groups is 1. The van der Waals surface area contributed by atoms with Crippen molar-refractivity contribution in [2.75, 3.05) is 13.2 Å². The van der Waals surface area contributed by atoms with Gasteiger partial charge < -0.3 is 19.1 Å². The minimum Gasteiger partial charge on any atom is -0.490 e. The van der Waals surface area contributed by atoms with E-state index in [0.29, 0.717) is 36.0 Å². The van der Waals surface area contributed by atoms with Gasteiger partial charge in [-0.2, -0.15) is 0 Å². The highest BCUT2D eigenvalue weighted by atomic mass is 16.5. The summed E-state index contributed by atoms with van der Waals surface area (Å²) in [5.74, 6) is 0.404. The van der Waals surface area contributed by atoms with Gasteiger partial charge in [0.25, 0.3) is 0 Å². The van der Waals surface area contributed by atoms with Crippen LogP contribution in [0, 0.1) is 6.92 Å². The minimum absolute atomic E-state index is 0.0690. The lowest BCUT2D eigenvalue weighted by molar-refractivity contribution is 0.0696. The van der Waals surface area contributed by atoms with Crippen molar-refractivity contribution < 1.29 is 23.9 Å². The lowest BCUT2D eigenvalue weighted by atomic mass is 10.1. The summed E-state index contributed by atoms with van der Waals surface area (Å²) in [6.07, 6.45) is 0.811. The van der Waals surface area contributed by atoms with Gasteiger partial charge in [0.2, 0.25) is 0 Å². The van der Waals surface area contributed by atoms with Gasteiger partial charge >= 0.3 is 5.97 Å². The molecule has 1 aliphatic heterocycles. The Bertz CT molecular complexity index is 662. The third-order valence-electron chi connectivity index (χ3n) is 3.09. The predicted octanol–water partition coefficient (Wildman–Crippen LogP) is 2.51. The van der Waals surface area contributed by atoms with Crippen molar-refractivity contribution in [2.24, 2.45) is 0 Å². The van der Waals surface area contributed by atoms with Gasteiger partial charge in [-0.3, -0.25) is 0 Å². The van der Waals surface area contributed by atoms with Gasteiger partial charge in [-0.05, 0) is 25.1 Å². The van der Waals surface area contributed by atoms with Gasteiger partial charge in [-0.15, -0.1) is 0 Å². The van der Waals surface area contributed by atoms with E-state index < -0.39 is 5.97 Å². The molecular weight excluding hydrogens is 262 g/mol. The molecule has 0 radical (unpaired) electrons. The van der Waals surface area contributed by atoms with E-state index in [-0.39, 0.29) is 11.3 Å². The molecule has 6 heteroatoms. The highest BCUT2D eigenvalue weighted by Crippen LogP contribution is 2.35.